The summed E-state index contributed by atoms with van der Waals surface area (Å²) in [6, 6.07) is 0. The van der Waals surface area contributed by atoms with Gasteiger partial charge < -0.3 is 5.11 Å². The van der Waals surface area contributed by atoms with Crippen LogP contribution in [0.25, 0.3) is 0 Å². The van der Waals surface area contributed by atoms with Crippen LogP contribution in [0.4, 0.5) is 0 Å². The van der Waals surface area contributed by atoms with Crippen molar-refractivity contribution >= 4 is 5.78 Å². The van der Waals surface area contributed by atoms with Crippen LogP contribution in [-0.4, -0.2) is 10.9 Å². The molecule has 76 valence electrons. The zero-order valence-electron chi connectivity index (χ0n) is 8.53. The number of aliphatic hydroxyl groups is 1. The first-order chi connectivity index (χ1) is 7.20. The second kappa shape index (κ2) is 3.73. The lowest BCUT2D eigenvalue weighted by atomic mass is 9.92. The van der Waals surface area contributed by atoms with Gasteiger partial charge in [-0.25, -0.2) is 0 Å². The van der Waals surface area contributed by atoms with Gasteiger partial charge in [0.2, 0.25) is 0 Å². The fourth-order valence-electron chi connectivity index (χ4n) is 1.72. The molecule has 0 bridgehead atoms. The van der Waals surface area contributed by atoms with Crippen LogP contribution in [0.3, 0.4) is 0 Å². The fraction of sp³-hybridized carbons (Fsp3) is 0.154. The predicted molar refractivity (Wildman–Crippen MR) is 59.4 cm³/mol. The molecule has 15 heavy (non-hydrogen) atoms. The van der Waals surface area contributed by atoms with E-state index < -0.39 is 0 Å². The lowest BCUT2D eigenvalue weighted by Gasteiger charge is -2.15. The van der Waals surface area contributed by atoms with E-state index in [0.29, 0.717) is 12.0 Å². The summed E-state index contributed by atoms with van der Waals surface area (Å²) in [7, 11) is 0. The van der Waals surface area contributed by atoms with Crippen molar-refractivity contribution in [2.75, 3.05) is 0 Å². The molecular formula is C13H12O2. The number of aliphatic hydroxyl groups excluding tert-OH is 1. The van der Waals surface area contributed by atoms with E-state index in [1.54, 1.807) is 12.2 Å². The van der Waals surface area contributed by atoms with Crippen LogP contribution >= 0.6 is 0 Å². The first-order valence-electron chi connectivity index (χ1n) is 4.89. The van der Waals surface area contributed by atoms with Gasteiger partial charge in [-0.15, -0.1) is 0 Å². The third-order valence-electron chi connectivity index (χ3n) is 2.56. The number of carbonyl (C=O) groups excluding carboxylic acids is 1. The van der Waals surface area contributed by atoms with Gasteiger partial charge in [0.25, 0.3) is 0 Å². The normalized spacial score (nSPS) is 25.3. The average Bonchev–Trinajstić information content (AvgIpc) is 2.23. The molecule has 0 aliphatic heterocycles. The minimum atomic E-state index is -0.0397. The molecule has 0 aromatic carbocycles. The predicted octanol–water partition coefficient (Wildman–Crippen LogP) is 2.77. The summed E-state index contributed by atoms with van der Waals surface area (Å²) >= 11 is 0. The van der Waals surface area contributed by atoms with E-state index in [-0.39, 0.29) is 11.5 Å². The maximum Gasteiger partial charge on any atom is 0.186 e. The molecule has 2 aliphatic rings. The Morgan fingerprint density at radius 3 is 2.67 bits per heavy atom. The van der Waals surface area contributed by atoms with E-state index in [1.165, 1.54) is 6.08 Å². The Balaban J connectivity index is 2.51. The Labute approximate surface area is 88.6 Å². The van der Waals surface area contributed by atoms with Crippen LogP contribution in [0.5, 0.6) is 0 Å². The van der Waals surface area contributed by atoms with Gasteiger partial charge in [-0.2, -0.15) is 0 Å². The Kier molecular flexibility index (Phi) is 2.42. The molecule has 0 saturated heterocycles. The largest absolute Gasteiger partial charge is 0.507 e. The van der Waals surface area contributed by atoms with Crippen molar-refractivity contribution in [1.82, 2.24) is 0 Å². The molecule has 2 rings (SSSR count). The number of carbonyl (C=O) groups is 1. The summed E-state index contributed by atoms with van der Waals surface area (Å²) in [5.41, 5.74) is 2.12. The molecule has 0 aromatic heterocycles. The maximum absolute atomic E-state index is 11.6. The molecule has 0 atom stereocenters. The molecule has 2 heteroatoms. The average molecular weight is 200 g/mol. The lowest BCUT2D eigenvalue weighted by Crippen LogP contribution is -2.07. The van der Waals surface area contributed by atoms with Crippen LogP contribution < -0.4 is 0 Å². The molecule has 0 unspecified atom stereocenters. The van der Waals surface area contributed by atoms with E-state index >= 15 is 0 Å². The van der Waals surface area contributed by atoms with Gasteiger partial charge in [0.1, 0.15) is 5.76 Å². The zero-order chi connectivity index (χ0) is 10.8. The quantitative estimate of drug-likeness (QED) is 0.610. The molecule has 2 aliphatic carbocycles. The molecular weight excluding hydrogens is 188 g/mol. The summed E-state index contributed by atoms with van der Waals surface area (Å²) in [5.74, 6) is 0.197. The topological polar surface area (TPSA) is 37.3 Å². The van der Waals surface area contributed by atoms with Crippen LogP contribution in [0.15, 0.2) is 58.9 Å². The molecule has 0 saturated carbocycles. The fourth-order valence-corrected chi connectivity index (χ4v) is 1.72. The second-order valence-electron chi connectivity index (χ2n) is 3.61. The van der Waals surface area contributed by atoms with E-state index in [0.717, 1.165) is 11.1 Å². The summed E-state index contributed by atoms with van der Waals surface area (Å²) in [4.78, 5) is 11.6. The number of rotatable bonds is 0. The van der Waals surface area contributed by atoms with Gasteiger partial charge in [0, 0.05) is 11.1 Å². The van der Waals surface area contributed by atoms with Crippen LogP contribution in [0.1, 0.15) is 13.3 Å². The number of allylic oxidation sites excluding steroid dienone is 9. The highest BCUT2D eigenvalue weighted by Gasteiger charge is 2.17. The van der Waals surface area contributed by atoms with Crippen molar-refractivity contribution < 1.29 is 9.90 Å². The van der Waals surface area contributed by atoms with Crippen molar-refractivity contribution in [1.29, 1.82) is 0 Å². The first kappa shape index (κ1) is 9.71. The van der Waals surface area contributed by atoms with E-state index in [2.05, 4.69) is 0 Å². The lowest BCUT2D eigenvalue weighted by molar-refractivity contribution is -0.111. The molecule has 0 aromatic rings. The zero-order valence-corrected chi connectivity index (χ0v) is 8.53. The molecule has 1 N–H and O–H groups in total. The van der Waals surface area contributed by atoms with Crippen molar-refractivity contribution in [2.45, 2.75) is 13.3 Å². The van der Waals surface area contributed by atoms with Crippen molar-refractivity contribution in [3.8, 4) is 0 Å². The maximum atomic E-state index is 11.6. The highest BCUT2D eigenvalue weighted by atomic mass is 16.3. The highest BCUT2D eigenvalue weighted by Crippen LogP contribution is 2.27. The number of hydrogen-bond donors (Lipinski definition) is 1. The molecule has 0 amide bonds. The van der Waals surface area contributed by atoms with Crippen LogP contribution in [0, 0.1) is 0 Å². The van der Waals surface area contributed by atoms with Gasteiger partial charge >= 0.3 is 0 Å². The Morgan fingerprint density at radius 2 is 1.93 bits per heavy atom. The van der Waals surface area contributed by atoms with Crippen molar-refractivity contribution in [3.63, 3.8) is 0 Å². The standard InChI is InChI=1S/C13H12O2/c1-9-5-4-7-11(13(9)15)10-6-2-3-8-12(10)14/h2-6,8,15H,7H2,1H3. The first-order valence-corrected chi connectivity index (χ1v) is 4.89. The summed E-state index contributed by atoms with van der Waals surface area (Å²) in [6.45, 7) is 1.83. The molecule has 2 nitrogen and oxygen atoms in total. The monoisotopic (exact) mass is 200 g/mol. The molecule has 0 fully saturated rings. The van der Waals surface area contributed by atoms with E-state index in [9.17, 15) is 9.90 Å². The Hall–Kier alpha value is -1.83. The minimum absolute atomic E-state index is 0.0397. The summed E-state index contributed by atoms with van der Waals surface area (Å²) in [5, 5.41) is 9.87. The second-order valence-corrected chi connectivity index (χ2v) is 3.61. The molecule has 0 radical (unpaired) electrons. The number of ketones is 1. The smallest absolute Gasteiger partial charge is 0.186 e. The van der Waals surface area contributed by atoms with Gasteiger partial charge in [-0.1, -0.05) is 30.4 Å². The molecule has 0 spiro atoms. The molecule has 0 heterocycles. The SMILES string of the molecule is CC1=C(O)C(=C2C=CC=CC2=O)CC=C1. The number of hydrogen-bond acceptors (Lipinski definition) is 2. The van der Waals surface area contributed by atoms with Gasteiger partial charge in [0.05, 0.1) is 0 Å². The Bertz CT molecular complexity index is 457. The summed E-state index contributed by atoms with van der Waals surface area (Å²) in [6.07, 6.45) is 11.2. The Morgan fingerprint density at radius 1 is 1.20 bits per heavy atom. The van der Waals surface area contributed by atoms with Crippen LogP contribution in [-0.2, 0) is 4.79 Å². The third-order valence-corrected chi connectivity index (χ3v) is 2.56. The van der Waals surface area contributed by atoms with Crippen molar-refractivity contribution in [3.05, 3.63) is 58.9 Å². The minimum Gasteiger partial charge on any atom is -0.507 e. The van der Waals surface area contributed by atoms with Gasteiger partial charge in [0.15, 0.2) is 5.78 Å². The van der Waals surface area contributed by atoms with Gasteiger partial charge in [-0.05, 0) is 25.0 Å². The summed E-state index contributed by atoms with van der Waals surface area (Å²) < 4.78 is 0. The van der Waals surface area contributed by atoms with E-state index in [1.807, 2.05) is 25.2 Å². The van der Waals surface area contributed by atoms with Crippen LogP contribution in [0.2, 0.25) is 0 Å². The van der Waals surface area contributed by atoms with E-state index in [4.69, 9.17) is 0 Å². The third kappa shape index (κ3) is 1.71. The highest BCUT2D eigenvalue weighted by molar-refractivity contribution is 6.08. The van der Waals surface area contributed by atoms with Crippen molar-refractivity contribution in [2.24, 2.45) is 0 Å². The van der Waals surface area contributed by atoms with Gasteiger partial charge in [-0.3, -0.25) is 4.79 Å².